The van der Waals surface area contributed by atoms with E-state index < -0.39 is 0 Å². The Balaban J connectivity index is 2.59. The summed E-state index contributed by atoms with van der Waals surface area (Å²) in [4.78, 5) is 8.86. The first kappa shape index (κ1) is 17.4. The molecule has 1 rings (SSSR count). The first-order valence-corrected chi connectivity index (χ1v) is 8.58. The van der Waals surface area contributed by atoms with E-state index in [1.54, 1.807) is 0 Å². The van der Waals surface area contributed by atoms with E-state index >= 15 is 0 Å². The van der Waals surface area contributed by atoms with Crippen LogP contribution in [0.1, 0.15) is 82.2 Å². The van der Waals surface area contributed by atoms with Gasteiger partial charge in [0.15, 0.2) is 0 Å². The molecule has 0 saturated heterocycles. The highest BCUT2D eigenvalue weighted by atomic mass is 35.5. The second-order valence-corrected chi connectivity index (χ2v) is 5.97. The fourth-order valence-corrected chi connectivity index (χ4v) is 2.71. The molecule has 0 aliphatic carbocycles. The molecule has 0 unspecified atom stereocenters. The van der Waals surface area contributed by atoms with Gasteiger partial charge in [0.1, 0.15) is 0 Å². The van der Waals surface area contributed by atoms with E-state index in [1.165, 1.54) is 56.9 Å². The van der Waals surface area contributed by atoms with Crippen molar-refractivity contribution in [3.63, 3.8) is 0 Å². The summed E-state index contributed by atoms with van der Waals surface area (Å²) in [5.74, 6) is 0. The van der Waals surface area contributed by atoms with Gasteiger partial charge in [-0.1, -0.05) is 52.4 Å². The summed E-state index contributed by atoms with van der Waals surface area (Å²) in [6, 6.07) is 0. The van der Waals surface area contributed by atoms with Crippen LogP contribution in [0.3, 0.4) is 0 Å². The molecule has 0 aromatic carbocycles. The van der Waals surface area contributed by atoms with Crippen LogP contribution in [0.15, 0.2) is 0 Å². The number of aryl methyl sites for hydroxylation is 2. The van der Waals surface area contributed by atoms with Crippen molar-refractivity contribution in [1.29, 1.82) is 0 Å². The molecule has 0 N–H and O–H groups in total. The molecule has 0 atom stereocenters. The summed E-state index contributed by atoms with van der Waals surface area (Å²) in [6.07, 6.45) is 12.2. The van der Waals surface area contributed by atoms with Gasteiger partial charge in [0.25, 0.3) is 0 Å². The van der Waals surface area contributed by atoms with Crippen LogP contribution >= 0.6 is 11.6 Å². The van der Waals surface area contributed by atoms with Gasteiger partial charge in [0, 0.05) is 11.4 Å². The van der Waals surface area contributed by atoms with Gasteiger partial charge in [-0.25, -0.2) is 9.97 Å². The number of nitrogens with zero attached hydrogens (tertiary/aromatic N) is 2. The average molecular weight is 297 g/mol. The molecular weight excluding hydrogens is 268 g/mol. The lowest BCUT2D eigenvalue weighted by molar-refractivity contribution is 0.646. The van der Waals surface area contributed by atoms with Crippen LogP contribution in [0, 0.1) is 6.92 Å². The van der Waals surface area contributed by atoms with Crippen molar-refractivity contribution in [3.8, 4) is 0 Å². The van der Waals surface area contributed by atoms with Gasteiger partial charge < -0.3 is 0 Å². The zero-order chi connectivity index (χ0) is 14.8. The van der Waals surface area contributed by atoms with E-state index in [0.29, 0.717) is 5.28 Å². The van der Waals surface area contributed by atoms with Gasteiger partial charge in [-0.05, 0) is 49.8 Å². The maximum Gasteiger partial charge on any atom is 0.222 e. The zero-order valence-corrected chi connectivity index (χ0v) is 14.1. The largest absolute Gasteiger partial charge is 0.223 e. The van der Waals surface area contributed by atoms with Crippen molar-refractivity contribution >= 4 is 11.6 Å². The predicted octanol–water partition coefficient (Wildman–Crippen LogP) is 5.68. The molecule has 0 saturated carbocycles. The molecule has 1 heterocycles. The van der Waals surface area contributed by atoms with Crippen LogP contribution in [-0.2, 0) is 12.8 Å². The minimum absolute atomic E-state index is 0.423. The third kappa shape index (κ3) is 6.21. The standard InChI is InChI=1S/C17H29ClN2/c1-4-6-8-10-12-15-14(3)16(20-17(18)19-15)13-11-9-7-5-2/h4-13H2,1-3H3. The Labute approximate surface area is 129 Å². The summed E-state index contributed by atoms with van der Waals surface area (Å²) < 4.78 is 0. The Morgan fingerprint density at radius 3 is 1.60 bits per heavy atom. The Morgan fingerprint density at radius 2 is 1.20 bits per heavy atom. The Kier molecular flexibility index (Phi) is 8.84. The Hall–Kier alpha value is -0.630. The Morgan fingerprint density at radius 1 is 0.750 bits per heavy atom. The van der Waals surface area contributed by atoms with Crippen LogP contribution in [0.2, 0.25) is 5.28 Å². The molecule has 114 valence electrons. The molecule has 3 heteroatoms. The molecule has 0 bridgehead atoms. The molecule has 1 aromatic heterocycles. The second kappa shape index (κ2) is 10.1. The third-order valence-corrected chi connectivity index (χ3v) is 4.02. The summed E-state index contributed by atoms with van der Waals surface area (Å²) >= 11 is 6.08. The molecule has 20 heavy (non-hydrogen) atoms. The van der Waals surface area contributed by atoms with E-state index in [1.807, 2.05) is 0 Å². The van der Waals surface area contributed by atoms with Crippen LogP contribution in [0.5, 0.6) is 0 Å². The van der Waals surface area contributed by atoms with Crippen molar-refractivity contribution in [2.45, 2.75) is 85.0 Å². The number of halogens is 1. The molecule has 1 aromatic rings. The van der Waals surface area contributed by atoms with E-state index in [2.05, 4.69) is 30.7 Å². The zero-order valence-electron chi connectivity index (χ0n) is 13.3. The third-order valence-electron chi connectivity index (χ3n) is 3.85. The van der Waals surface area contributed by atoms with Crippen LogP contribution in [-0.4, -0.2) is 9.97 Å². The topological polar surface area (TPSA) is 25.8 Å². The smallest absolute Gasteiger partial charge is 0.222 e. The number of aromatic nitrogens is 2. The summed E-state index contributed by atoms with van der Waals surface area (Å²) in [6.45, 7) is 6.63. The number of hydrogen-bond acceptors (Lipinski definition) is 2. The van der Waals surface area contributed by atoms with Crippen LogP contribution < -0.4 is 0 Å². The molecule has 0 amide bonds. The monoisotopic (exact) mass is 296 g/mol. The number of unbranched alkanes of at least 4 members (excludes halogenated alkanes) is 6. The lowest BCUT2D eigenvalue weighted by Crippen LogP contribution is -2.04. The normalized spacial score (nSPS) is 11.0. The first-order valence-electron chi connectivity index (χ1n) is 8.20. The molecule has 0 spiro atoms. The fraction of sp³-hybridized carbons (Fsp3) is 0.765. The highest BCUT2D eigenvalue weighted by Crippen LogP contribution is 2.18. The first-order chi connectivity index (χ1) is 9.69. The van der Waals surface area contributed by atoms with Crippen LogP contribution in [0.25, 0.3) is 0 Å². The summed E-state index contributed by atoms with van der Waals surface area (Å²) in [5.41, 5.74) is 3.58. The van der Waals surface area contributed by atoms with Gasteiger partial charge in [0.05, 0.1) is 0 Å². The molecule has 0 radical (unpaired) electrons. The second-order valence-electron chi connectivity index (χ2n) is 5.63. The van der Waals surface area contributed by atoms with E-state index in [4.69, 9.17) is 11.6 Å². The van der Waals surface area contributed by atoms with Gasteiger partial charge in [-0.15, -0.1) is 0 Å². The number of hydrogen-bond donors (Lipinski definition) is 0. The molecule has 0 aliphatic rings. The molecule has 0 aliphatic heterocycles. The van der Waals surface area contributed by atoms with Crippen molar-refractivity contribution in [2.24, 2.45) is 0 Å². The van der Waals surface area contributed by atoms with Gasteiger partial charge >= 0.3 is 0 Å². The Bertz CT molecular complexity index is 358. The minimum atomic E-state index is 0.423. The lowest BCUT2D eigenvalue weighted by Gasteiger charge is -2.10. The van der Waals surface area contributed by atoms with Gasteiger partial charge in [0.2, 0.25) is 5.28 Å². The molecular formula is C17H29ClN2. The average Bonchev–Trinajstić information content (AvgIpc) is 2.44. The van der Waals surface area contributed by atoms with E-state index in [0.717, 1.165) is 24.2 Å². The molecule has 2 nitrogen and oxygen atoms in total. The quantitative estimate of drug-likeness (QED) is 0.410. The van der Waals surface area contributed by atoms with Gasteiger partial charge in [-0.3, -0.25) is 0 Å². The minimum Gasteiger partial charge on any atom is -0.223 e. The maximum atomic E-state index is 6.08. The maximum absolute atomic E-state index is 6.08. The van der Waals surface area contributed by atoms with Crippen LogP contribution in [0.4, 0.5) is 0 Å². The highest BCUT2D eigenvalue weighted by Gasteiger charge is 2.09. The summed E-state index contributed by atoms with van der Waals surface area (Å²) in [7, 11) is 0. The summed E-state index contributed by atoms with van der Waals surface area (Å²) in [5, 5.41) is 0.423. The van der Waals surface area contributed by atoms with Crippen molar-refractivity contribution < 1.29 is 0 Å². The van der Waals surface area contributed by atoms with Crippen molar-refractivity contribution in [2.75, 3.05) is 0 Å². The van der Waals surface area contributed by atoms with E-state index in [9.17, 15) is 0 Å². The number of rotatable bonds is 10. The predicted molar refractivity (Wildman–Crippen MR) is 87.5 cm³/mol. The molecule has 0 fully saturated rings. The van der Waals surface area contributed by atoms with Gasteiger partial charge in [-0.2, -0.15) is 0 Å². The fourth-order valence-electron chi connectivity index (χ4n) is 2.51. The SMILES string of the molecule is CCCCCCc1nc(Cl)nc(CCCCCC)c1C. The lowest BCUT2D eigenvalue weighted by atomic mass is 10.0. The van der Waals surface area contributed by atoms with Crippen molar-refractivity contribution in [3.05, 3.63) is 22.2 Å². The highest BCUT2D eigenvalue weighted by molar-refractivity contribution is 6.28. The van der Waals surface area contributed by atoms with E-state index in [-0.39, 0.29) is 0 Å². The van der Waals surface area contributed by atoms with Crippen molar-refractivity contribution in [1.82, 2.24) is 9.97 Å².